The summed E-state index contributed by atoms with van der Waals surface area (Å²) in [6.45, 7) is 5.82. The minimum Gasteiger partial charge on any atom is -0.497 e. The average Bonchev–Trinajstić information content (AvgIpc) is 3.22. The maximum atomic E-state index is 12.3. The molecule has 1 aromatic carbocycles. The van der Waals surface area contributed by atoms with Crippen molar-refractivity contribution in [3.8, 4) is 5.75 Å². The van der Waals surface area contributed by atoms with Crippen LogP contribution in [0.15, 0.2) is 41.7 Å². The smallest absolute Gasteiger partial charge is 0.251 e. The van der Waals surface area contributed by atoms with Gasteiger partial charge in [0, 0.05) is 44.0 Å². The highest BCUT2D eigenvalue weighted by Gasteiger charge is 2.25. The molecule has 9 nitrogen and oxygen atoms in total. The Bertz CT molecular complexity index is 866. The van der Waals surface area contributed by atoms with Gasteiger partial charge in [-0.3, -0.25) is 14.5 Å². The van der Waals surface area contributed by atoms with Crippen molar-refractivity contribution >= 4 is 11.9 Å². The molecular formula is C21H30N6O3. The maximum absolute atomic E-state index is 12.3. The lowest BCUT2D eigenvalue weighted by Crippen LogP contribution is -2.48. The lowest BCUT2D eigenvalue weighted by Gasteiger charge is -2.34. The average molecular weight is 415 g/mol. The van der Waals surface area contributed by atoms with Gasteiger partial charge in [-0.25, -0.2) is 0 Å². The molecule has 2 heterocycles. The summed E-state index contributed by atoms with van der Waals surface area (Å²) in [5, 5.41) is 10.5. The lowest BCUT2D eigenvalue weighted by molar-refractivity contribution is -0.00803. The summed E-state index contributed by atoms with van der Waals surface area (Å²) in [4.78, 5) is 19.2. The molecule has 1 fully saturated rings. The van der Waals surface area contributed by atoms with Gasteiger partial charge in [-0.05, 0) is 25.1 Å². The van der Waals surface area contributed by atoms with E-state index in [1.165, 1.54) is 0 Å². The Morgan fingerprint density at radius 2 is 2.27 bits per heavy atom. The number of nitrogens with zero attached hydrogens (tertiary/aromatic N) is 4. The summed E-state index contributed by atoms with van der Waals surface area (Å²) in [6.07, 6.45) is 3.78. The number of aliphatic imine (C=N–C) groups is 1. The predicted octanol–water partition coefficient (Wildman–Crippen LogP) is 1.20. The molecule has 0 spiro atoms. The minimum absolute atomic E-state index is 0.0379. The van der Waals surface area contributed by atoms with Crippen LogP contribution in [0.25, 0.3) is 0 Å². The van der Waals surface area contributed by atoms with Gasteiger partial charge >= 0.3 is 0 Å². The van der Waals surface area contributed by atoms with Crippen LogP contribution in [0.4, 0.5) is 0 Å². The lowest BCUT2D eigenvalue weighted by atomic mass is 10.1. The number of hydrogen-bond acceptors (Lipinski definition) is 5. The third kappa shape index (κ3) is 5.73. The molecule has 30 heavy (non-hydrogen) atoms. The van der Waals surface area contributed by atoms with E-state index in [0.717, 1.165) is 24.6 Å². The Kier molecular flexibility index (Phi) is 7.67. The summed E-state index contributed by atoms with van der Waals surface area (Å²) in [6, 6.07) is 7.09. The summed E-state index contributed by atoms with van der Waals surface area (Å²) in [7, 11) is 3.48. The quantitative estimate of drug-likeness (QED) is 0.402. The van der Waals surface area contributed by atoms with Crippen molar-refractivity contribution in [1.29, 1.82) is 0 Å². The van der Waals surface area contributed by atoms with E-state index in [1.807, 2.05) is 32.4 Å². The van der Waals surface area contributed by atoms with Crippen LogP contribution in [0, 0.1) is 0 Å². The Morgan fingerprint density at radius 1 is 1.40 bits per heavy atom. The molecule has 2 aromatic rings. The summed E-state index contributed by atoms with van der Waals surface area (Å²) in [5.74, 6) is 1.34. The number of guanidine groups is 1. The Hall–Kier alpha value is -3.07. The number of aromatic nitrogens is 2. The highest BCUT2D eigenvalue weighted by atomic mass is 16.5. The van der Waals surface area contributed by atoms with E-state index in [2.05, 4.69) is 25.6 Å². The molecule has 0 aliphatic carbocycles. The second-order valence-electron chi connectivity index (χ2n) is 6.98. The highest BCUT2D eigenvalue weighted by Crippen LogP contribution is 2.21. The molecule has 1 amide bonds. The number of amides is 1. The van der Waals surface area contributed by atoms with Gasteiger partial charge in [0.2, 0.25) is 0 Å². The van der Waals surface area contributed by atoms with E-state index in [0.29, 0.717) is 37.6 Å². The molecule has 162 valence electrons. The van der Waals surface area contributed by atoms with Crippen molar-refractivity contribution in [3.05, 3.63) is 47.8 Å². The van der Waals surface area contributed by atoms with Gasteiger partial charge in [0.05, 0.1) is 33.0 Å². The van der Waals surface area contributed by atoms with Crippen LogP contribution in [0.5, 0.6) is 5.75 Å². The van der Waals surface area contributed by atoms with Crippen molar-refractivity contribution in [1.82, 2.24) is 25.3 Å². The van der Waals surface area contributed by atoms with Crippen LogP contribution in [-0.4, -0.2) is 73.0 Å². The molecule has 0 bridgehead atoms. The maximum Gasteiger partial charge on any atom is 0.251 e. The number of ether oxygens (including phenoxy) is 2. The molecule has 1 atom stereocenters. The molecule has 1 aliphatic rings. The summed E-state index contributed by atoms with van der Waals surface area (Å²) in [5.41, 5.74) is 1.63. The van der Waals surface area contributed by atoms with Gasteiger partial charge in [0.1, 0.15) is 11.9 Å². The van der Waals surface area contributed by atoms with Crippen LogP contribution < -0.4 is 15.4 Å². The topological polar surface area (TPSA) is 93.0 Å². The second kappa shape index (κ2) is 10.6. The molecule has 0 radical (unpaired) electrons. The van der Waals surface area contributed by atoms with Gasteiger partial charge in [0.15, 0.2) is 5.96 Å². The standard InChI is InChI=1S/C21H30N6O3/c1-4-22-21(27-10-11-30-19(15-27)17-13-25-26(2)14-17)24-9-8-23-20(28)16-6-5-7-18(12-16)29-3/h5-7,12-14,19H,4,8-11,15H2,1-3H3,(H,22,24)(H,23,28). The molecular weight excluding hydrogens is 384 g/mol. The molecule has 1 aliphatic heterocycles. The number of rotatable bonds is 7. The molecule has 3 rings (SSSR count). The minimum atomic E-state index is -0.142. The largest absolute Gasteiger partial charge is 0.497 e. The first-order valence-electron chi connectivity index (χ1n) is 10.2. The van der Waals surface area contributed by atoms with Gasteiger partial charge in [-0.1, -0.05) is 6.07 Å². The summed E-state index contributed by atoms with van der Waals surface area (Å²) < 4.78 is 12.9. The third-order valence-electron chi connectivity index (χ3n) is 4.79. The van der Waals surface area contributed by atoms with Crippen molar-refractivity contribution < 1.29 is 14.3 Å². The van der Waals surface area contributed by atoms with Crippen molar-refractivity contribution in [3.63, 3.8) is 0 Å². The number of carbonyl (C=O) groups excluding carboxylic acids is 1. The first-order valence-corrected chi connectivity index (χ1v) is 10.2. The first-order chi connectivity index (χ1) is 14.6. The predicted molar refractivity (Wildman–Crippen MR) is 115 cm³/mol. The molecule has 1 unspecified atom stereocenters. The summed E-state index contributed by atoms with van der Waals surface area (Å²) >= 11 is 0. The zero-order chi connectivity index (χ0) is 21.3. The van der Waals surface area contributed by atoms with Gasteiger partial charge in [0.25, 0.3) is 5.91 Å². The van der Waals surface area contributed by atoms with E-state index >= 15 is 0 Å². The van der Waals surface area contributed by atoms with Gasteiger partial charge in [-0.2, -0.15) is 5.10 Å². The van der Waals surface area contributed by atoms with Crippen LogP contribution in [0.1, 0.15) is 28.9 Å². The molecule has 0 saturated carbocycles. The van der Waals surface area contributed by atoms with Gasteiger partial charge in [-0.15, -0.1) is 0 Å². The number of benzene rings is 1. The van der Waals surface area contributed by atoms with E-state index < -0.39 is 0 Å². The fourth-order valence-electron chi connectivity index (χ4n) is 3.27. The monoisotopic (exact) mass is 414 g/mol. The fourth-order valence-corrected chi connectivity index (χ4v) is 3.27. The Morgan fingerprint density at radius 3 is 3.00 bits per heavy atom. The zero-order valence-corrected chi connectivity index (χ0v) is 17.8. The number of nitrogens with one attached hydrogen (secondary N) is 2. The van der Waals surface area contributed by atoms with E-state index in [-0.39, 0.29) is 12.0 Å². The number of methoxy groups -OCH3 is 1. The molecule has 9 heteroatoms. The van der Waals surface area contributed by atoms with Crippen molar-refractivity contribution in [2.75, 3.05) is 46.4 Å². The van der Waals surface area contributed by atoms with E-state index in [9.17, 15) is 4.79 Å². The Labute approximate surface area is 177 Å². The van der Waals surface area contributed by atoms with E-state index in [1.54, 1.807) is 30.0 Å². The van der Waals surface area contributed by atoms with Crippen molar-refractivity contribution in [2.24, 2.45) is 12.0 Å². The second-order valence-corrected chi connectivity index (χ2v) is 6.98. The highest BCUT2D eigenvalue weighted by molar-refractivity contribution is 5.94. The van der Waals surface area contributed by atoms with Crippen LogP contribution in [0.3, 0.4) is 0 Å². The Balaban J connectivity index is 1.55. The third-order valence-corrected chi connectivity index (χ3v) is 4.79. The fraction of sp³-hybridized carbons (Fsp3) is 0.476. The van der Waals surface area contributed by atoms with Crippen molar-refractivity contribution in [2.45, 2.75) is 13.0 Å². The normalized spacial score (nSPS) is 17.0. The number of morpholine rings is 1. The zero-order valence-electron chi connectivity index (χ0n) is 17.8. The number of hydrogen-bond donors (Lipinski definition) is 2. The molecule has 2 N–H and O–H groups in total. The van der Waals surface area contributed by atoms with Crippen LogP contribution in [-0.2, 0) is 11.8 Å². The number of carbonyl (C=O) groups is 1. The van der Waals surface area contributed by atoms with Crippen LogP contribution >= 0.6 is 0 Å². The molecule has 1 saturated heterocycles. The number of aryl methyl sites for hydroxylation is 1. The van der Waals surface area contributed by atoms with E-state index in [4.69, 9.17) is 9.47 Å². The van der Waals surface area contributed by atoms with Gasteiger partial charge < -0.3 is 25.0 Å². The SMILES string of the molecule is CCNC(=NCCNC(=O)c1cccc(OC)c1)N1CCOC(c2cnn(C)c2)C1. The molecule has 1 aromatic heterocycles. The van der Waals surface area contributed by atoms with Crippen LogP contribution in [0.2, 0.25) is 0 Å². The first kappa shape index (κ1) is 21.6.